The number of pyridine rings is 1. The first-order valence-corrected chi connectivity index (χ1v) is 10.5. The van der Waals surface area contributed by atoms with E-state index < -0.39 is 15.5 Å². The van der Waals surface area contributed by atoms with Gasteiger partial charge in [-0.3, -0.25) is 9.19 Å². The number of fused-ring (bicyclic) bond motifs is 2. The van der Waals surface area contributed by atoms with Crippen LogP contribution in [0.3, 0.4) is 0 Å². The quantitative estimate of drug-likeness (QED) is 0.520. The van der Waals surface area contributed by atoms with Gasteiger partial charge in [0.1, 0.15) is 0 Å². The minimum Gasteiger partial charge on any atom is -0.395 e. The molecule has 0 aliphatic carbocycles. The Hall–Kier alpha value is -2.35. The van der Waals surface area contributed by atoms with Crippen molar-refractivity contribution in [3.8, 4) is 0 Å². The normalized spacial score (nSPS) is 13.1. The number of anilines is 2. The lowest BCUT2D eigenvalue weighted by atomic mass is 10.2. The van der Waals surface area contributed by atoms with Gasteiger partial charge in [-0.2, -0.15) is 0 Å². The van der Waals surface area contributed by atoms with E-state index >= 15 is 0 Å². The summed E-state index contributed by atoms with van der Waals surface area (Å²) in [5, 5.41) is 13.8. The molecule has 2 N–H and O–H groups in total. The molecule has 0 saturated heterocycles. The number of rotatable bonds is 5. The van der Waals surface area contributed by atoms with Crippen LogP contribution in [0.15, 0.2) is 59.1 Å². The summed E-state index contributed by atoms with van der Waals surface area (Å²) in [6, 6.07) is 13.5. The van der Waals surface area contributed by atoms with Crippen molar-refractivity contribution in [2.75, 3.05) is 11.9 Å². The van der Waals surface area contributed by atoms with Gasteiger partial charge in [0, 0.05) is 27.9 Å². The van der Waals surface area contributed by atoms with Gasteiger partial charge in [-0.05, 0) is 56.3 Å². The second-order valence-corrected chi connectivity index (χ2v) is 9.88. The lowest BCUT2D eigenvalue weighted by molar-refractivity contribution is 0.262. The van der Waals surface area contributed by atoms with Crippen molar-refractivity contribution in [1.29, 1.82) is 0 Å². The molecule has 4 aromatic rings. The van der Waals surface area contributed by atoms with Crippen molar-refractivity contribution in [3.63, 3.8) is 0 Å². The van der Waals surface area contributed by atoms with Crippen molar-refractivity contribution in [2.24, 2.45) is 0 Å². The third-order valence-corrected chi connectivity index (χ3v) is 7.04. The van der Waals surface area contributed by atoms with Gasteiger partial charge in [0.25, 0.3) is 0 Å². The van der Waals surface area contributed by atoms with Gasteiger partial charge < -0.3 is 10.4 Å². The largest absolute Gasteiger partial charge is 0.395 e. The summed E-state index contributed by atoms with van der Waals surface area (Å²) in [4.78, 5) is 9.44. The number of hydrogen-bond acceptors (Lipinski definition) is 6. The van der Waals surface area contributed by atoms with E-state index in [2.05, 4.69) is 15.3 Å². The van der Waals surface area contributed by atoms with Crippen LogP contribution in [0, 0.1) is 0 Å². The zero-order valence-electron chi connectivity index (χ0n) is 15.0. The molecule has 0 spiro atoms. The van der Waals surface area contributed by atoms with E-state index in [1.165, 1.54) is 0 Å². The van der Waals surface area contributed by atoms with Gasteiger partial charge in [-0.15, -0.1) is 11.3 Å². The van der Waals surface area contributed by atoms with E-state index in [4.69, 9.17) is 0 Å². The molecule has 1 atom stereocenters. The number of benzene rings is 2. The Morgan fingerprint density at radius 3 is 2.78 bits per heavy atom. The standard InChI is InChI=1S/C20H19N3O2S2/c1-20(2,11-24)27(25)14-4-5-16-15(10-14)17(7-8-21-16)23-13-3-6-19-18(9-13)22-12-26-19/h3-10,12,24H,11H2,1-2H3,(H,21,23). The predicted octanol–water partition coefficient (Wildman–Crippen LogP) is 4.47. The van der Waals surface area contributed by atoms with Crippen LogP contribution in [0.25, 0.3) is 21.1 Å². The Bertz CT molecular complexity index is 1150. The monoisotopic (exact) mass is 397 g/mol. The lowest BCUT2D eigenvalue weighted by Crippen LogP contribution is -2.30. The maximum Gasteiger partial charge on any atom is 0.0832 e. The third kappa shape index (κ3) is 3.45. The van der Waals surface area contributed by atoms with Crippen LogP contribution in [0.4, 0.5) is 11.4 Å². The van der Waals surface area contributed by atoms with Gasteiger partial charge >= 0.3 is 0 Å². The molecule has 0 amide bonds. The van der Waals surface area contributed by atoms with Gasteiger partial charge in [0.05, 0.1) is 43.4 Å². The third-order valence-electron chi connectivity index (χ3n) is 4.42. The van der Waals surface area contributed by atoms with Gasteiger partial charge in [0.2, 0.25) is 0 Å². The minimum absolute atomic E-state index is 0.149. The van der Waals surface area contributed by atoms with Crippen molar-refractivity contribution in [2.45, 2.75) is 23.5 Å². The summed E-state index contributed by atoms with van der Waals surface area (Å²) < 4.78 is 13.3. The zero-order valence-corrected chi connectivity index (χ0v) is 16.6. The number of nitrogens with zero attached hydrogens (tertiary/aromatic N) is 2. The number of thiazole rings is 1. The van der Waals surface area contributed by atoms with E-state index in [0.717, 1.165) is 32.5 Å². The van der Waals surface area contributed by atoms with Crippen LogP contribution >= 0.6 is 11.3 Å². The van der Waals surface area contributed by atoms with Gasteiger partial charge in [0.15, 0.2) is 0 Å². The van der Waals surface area contributed by atoms with Crippen LogP contribution in [-0.4, -0.2) is 30.6 Å². The molecule has 2 heterocycles. The highest BCUT2D eigenvalue weighted by atomic mass is 32.2. The Kier molecular flexibility index (Phi) is 4.67. The van der Waals surface area contributed by atoms with E-state index in [1.807, 2.05) is 48.0 Å². The summed E-state index contributed by atoms with van der Waals surface area (Å²) in [6.45, 7) is 3.43. The number of aliphatic hydroxyl groups excluding tert-OH is 1. The highest BCUT2D eigenvalue weighted by Gasteiger charge is 2.26. The Morgan fingerprint density at radius 1 is 1.11 bits per heavy atom. The molecule has 5 nitrogen and oxygen atoms in total. The average Bonchev–Trinajstić information content (AvgIpc) is 3.15. The number of aromatic nitrogens is 2. The summed E-state index contributed by atoms with van der Waals surface area (Å²) in [6.07, 6.45) is 1.75. The molecule has 0 saturated carbocycles. The fourth-order valence-electron chi connectivity index (χ4n) is 2.82. The molecule has 27 heavy (non-hydrogen) atoms. The smallest absolute Gasteiger partial charge is 0.0832 e. The van der Waals surface area contributed by atoms with E-state index in [0.29, 0.717) is 4.90 Å². The fourth-order valence-corrected chi connectivity index (χ4v) is 4.65. The van der Waals surface area contributed by atoms with Crippen molar-refractivity contribution in [3.05, 3.63) is 54.2 Å². The van der Waals surface area contributed by atoms with Crippen molar-refractivity contribution < 1.29 is 9.32 Å². The van der Waals surface area contributed by atoms with E-state index in [9.17, 15) is 9.32 Å². The Balaban J connectivity index is 1.76. The highest BCUT2D eigenvalue weighted by molar-refractivity contribution is 7.86. The summed E-state index contributed by atoms with van der Waals surface area (Å²) in [5.41, 5.74) is 5.42. The first-order valence-electron chi connectivity index (χ1n) is 8.50. The summed E-state index contributed by atoms with van der Waals surface area (Å²) in [5.74, 6) is 0. The maximum absolute atomic E-state index is 12.8. The van der Waals surface area contributed by atoms with Crippen LogP contribution < -0.4 is 5.32 Å². The van der Waals surface area contributed by atoms with Gasteiger partial charge in [-0.1, -0.05) is 0 Å². The molecular formula is C20H19N3O2S2. The molecule has 0 aliphatic rings. The number of hydrogen-bond donors (Lipinski definition) is 2. The maximum atomic E-state index is 12.8. The number of aliphatic hydroxyl groups is 1. The highest BCUT2D eigenvalue weighted by Crippen LogP contribution is 2.30. The summed E-state index contributed by atoms with van der Waals surface area (Å²) >= 11 is 1.61. The van der Waals surface area contributed by atoms with E-state index in [-0.39, 0.29) is 6.61 Å². The van der Waals surface area contributed by atoms with E-state index in [1.54, 1.807) is 31.4 Å². The second kappa shape index (κ2) is 6.99. The summed E-state index contributed by atoms with van der Waals surface area (Å²) in [7, 11) is -1.33. The molecule has 0 radical (unpaired) electrons. The van der Waals surface area contributed by atoms with Crippen molar-refractivity contribution >= 4 is 54.6 Å². The Morgan fingerprint density at radius 2 is 1.96 bits per heavy atom. The van der Waals surface area contributed by atoms with Crippen LogP contribution in [0.5, 0.6) is 0 Å². The molecule has 1 unspecified atom stereocenters. The molecule has 4 rings (SSSR count). The zero-order chi connectivity index (χ0) is 19.0. The molecule has 138 valence electrons. The number of nitrogens with one attached hydrogen (secondary N) is 1. The molecule has 2 aromatic heterocycles. The topological polar surface area (TPSA) is 75.1 Å². The second-order valence-electron chi connectivity index (χ2n) is 6.88. The first-order chi connectivity index (χ1) is 13.0. The average molecular weight is 398 g/mol. The van der Waals surface area contributed by atoms with Gasteiger partial charge in [-0.25, -0.2) is 4.98 Å². The van der Waals surface area contributed by atoms with Crippen molar-refractivity contribution in [1.82, 2.24) is 9.97 Å². The molecule has 0 fully saturated rings. The lowest BCUT2D eigenvalue weighted by Gasteiger charge is -2.21. The minimum atomic E-state index is -1.33. The van der Waals surface area contributed by atoms with Crippen LogP contribution in [0.1, 0.15) is 13.8 Å². The SMILES string of the molecule is CC(C)(CO)S(=O)c1ccc2nccc(Nc3ccc4scnc4c3)c2c1. The molecule has 0 bridgehead atoms. The molecule has 2 aromatic carbocycles. The van der Waals surface area contributed by atoms with Crippen LogP contribution in [0.2, 0.25) is 0 Å². The molecular weight excluding hydrogens is 378 g/mol. The molecule has 0 aliphatic heterocycles. The first kappa shape index (κ1) is 18.0. The Labute approximate surface area is 163 Å². The van der Waals surface area contributed by atoms with Crippen LogP contribution in [-0.2, 0) is 10.8 Å². The predicted molar refractivity (Wildman–Crippen MR) is 112 cm³/mol. The fraction of sp³-hybridized carbons (Fsp3) is 0.200. The molecule has 7 heteroatoms.